The molecule has 0 aliphatic rings. The summed E-state index contributed by atoms with van der Waals surface area (Å²) in [6.45, 7) is 10.5. The number of benzene rings is 1. The molecular formula is C19H29NO6. The molecule has 2 N–H and O–H groups in total. The van der Waals surface area contributed by atoms with E-state index >= 15 is 0 Å². The number of esters is 2. The summed E-state index contributed by atoms with van der Waals surface area (Å²) in [6.07, 6.45) is -1.07. The number of hydrogen-bond donors (Lipinski definition) is 2. The van der Waals surface area contributed by atoms with E-state index in [1.54, 1.807) is 48.6 Å². The molecular weight excluding hydrogens is 338 g/mol. The summed E-state index contributed by atoms with van der Waals surface area (Å²) >= 11 is 0. The molecule has 0 heterocycles. The van der Waals surface area contributed by atoms with E-state index in [4.69, 9.17) is 14.2 Å². The molecule has 0 radical (unpaired) electrons. The number of rotatable bonds is 6. The number of likely N-dealkylation sites (N-methyl/N-ethyl adjacent to an activating group) is 1. The minimum Gasteiger partial charge on any atom is -0.464 e. The maximum Gasteiger partial charge on any atom is 0.316 e. The minimum absolute atomic E-state index is 0.0525. The van der Waals surface area contributed by atoms with E-state index in [0.717, 1.165) is 0 Å². The van der Waals surface area contributed by atoms with E-state index in [-0.39, 0.29) is 23.8 Å². The van der Waals surface area contributed by atoms with Crippen molar-refractivity contribution in [2.24, 2.45) is 10.8 Å². The van der Waals surface area contributed by atoms with Gasteiger partial charge in [-0.25, -0.2) is 0 Å². The Morgan fingerprint density at radius 2 is 1.50 bits per heavy atom. The van der Waals surface area contributed by atoms with Crippen molar-refractivity contribution in [3.05, 3.63) is 18.2 Å². The SMILES string of the molecule is CNCC(O)Oc1ccc(OC(=O)C(C)(C)C)c(OC(=O)C(C)(C)C)c1. The Kier molecular flexibility index (Phi) is 7.17. The fourth-order valence-corrected chi connectivity index (χ4v) is 1.61. The second-order valence-electron chi connectivity index (χ2n) is 8.02. The number of aliphatic hydroxyl groups excluding tert-OH is 1. The maximum atomic E-state index is 12.2. The molecule has 7 nitrogen and oxygen atoms in total. The summed E-state index contributed by atoms with van der Waals surface area (Å²) in [5.74, 6) is -0.511. The Hall–Kier alpha value is -2.12. The van der Waals surface area contributed by atoms with Gasteiger partial charge in [0.15, 0.2) is 11.5 Å². The molecule has 1 aromatic rings. The van der Waals surface area contributed by atoms with E-state index in [0.29, 0.717) is 0 Å². The van der Waals surface area contributed by atoms with Gasteiger partial charge in [-0.3, -0.25) is 9.59 Å². The van der Waals surface area contributed by atoms with Crippen molar-refractivity contribution in [3.8, 4) is 17.2 Å². The number of nitrogens with one attached hydrogen (secondary N) is 1. The van der Waals surface area contributed by atoms with Crippen molar-refractivity contribution in [1.82, 2.24) is 5.32 Å². The van der Waals surface area contributed by atoms with Gasteiger partial charge >= 0.3 is 11.9 Å². The first-order chi connectivity index (χ1) is 11.8. The lowest BCUT2D eigenvalue weighted by Crippen LogP contribution is -2.29. The lowest BCUT2D eigenvalue weighted by atomic mass is 9.97. The van der Waals surface area contributed by atoms with Crippen LogP contribution in [0.1, 0.15) is 41.5 Å². The van der Waals surface area contributed by atoms with E-state index < -0.39 is 29.1 Å². The van der Waals surface area contributed by atoms with Gasteiger partial charge in [0.1, 0.15) is 5.75 Å². The van der Waals surface area contributed by atoms with Crippen LogP contribution in [0.15, 0.2) is 18.2 Å². The Morgan fingerprint density at radius 1 is 1.00 bits per heavy atom. The number of aliphatic hydroxyl groups is 1. The molecule has 0 spiro atoms. The molecule has 0 aliphatic heterocycles. The van der Waals surface area contributed by atoms with Gasteiger partial charge in [0.2, 0.25) is 6.29 Å². The highest BCUT2D eigenvalue weighted by Gasteiger charge is 2.28. The van der Waals surface area contributed by atoms with Crippen molar-refractivity contribution in [1.29, 1.82) is 0 Å². The highest BCUT2D eigenvalue weighted by Crippen LogP contribution is 2.35. The summed E-state index contributed by atoms with van der Waals surface area (Å²) in [4.78, 5) is 24.4. The molecule has 1 aromatic carbocycles. The van der Waals surface area contributed by atoms with Gasteiger partial charge in [0.25, 0.3) is 0 Å². The van der Waals surface area contributed by atoms with Crippen LogP contribution in [0.5, 0.6) is 17.2 Å². The minimum atomic E-state index is -1.07. The highest BCUT2D eigenvalue weighted by atomic mass is 16.6. The van der Waals surface area contributed by atoms with Crippen LogP contribution in [-0.2, 0) is 9.59 Å². The molecule has 26 heavy (non-hydrogen) atoms. The van der Waals surface area contributed by atoms with Gasteiger partial charge in [0, 0.05) is 6.07 Å². The van der Waals surface area contributed by atoms with Crippen molar-refractivity contribution < 1.29 is 28.9 Å². The quantitative estimate of drug-likeness (QED) is 0.453. The Labute approximate surface area is 154 Å². The van der Waals surface area contributed by atoms with Gasteiger partial charge in [-0.05, 0) is 60.7 Å². The summed E-state index contributed by atoms with van der Waals surface area (Å²) in [5.41, 5.74) is -1.46. The molecule has 0 amide bonds. The predicted molar refractivity (Wildman–Crippen MR) is 97.2 cm³/mol. The van der Waals surface area contributed by atoms with Crippen LogP contribution in [0.3, 0.4) is 0 Å². The third-order valence-electron chi connectivity index (χ3n) is 3.20. The standard InChI is InChI=1S/C19H29NO6/c1-18(2,3)16(22)25-13-9-8-12(24-15(21)11-20-7)10-14(13)26-17(23)19(4,5)6/h8-10,15,20-21H,11H2,1-7H3. The largest absolute Gasteiger partial charge is 0.464 e. The van der Waals surface area contributed by atoms with Gasteiger partial charge in [0.05, 0.1) is 17.4 Å². The molecule has 0 aromatic heterocycles. The summed E-state index contributed by atoms with van der Waals surface area (Å²) in [6, 6.07) is 4.41. The molecule has 146 valence electrons. The molecule has 0 fully saturated rings. The topological polar surface area (TPSA) is 94.1 Å². The highest BCUT2D eigenvalue weighted by molar-refractivity contribution is 5.81. The molecule has 0 aliphatic carbocycles. The third kappa shape index (κ3) is 6.65. The lowest BCUT2D eigenvalue weighted by Gasteiger charge is -2.21. The molecule has 0 saturated heterocycles. The molecule has 0 bridgehead atoms. The molecule has 7 heteroatoms. The summed E-state index contributed by atoms with van der Waals surface area (Å²) in [5, 5.41) is 12.5. The first kappa shape index (κ1) is 21.9. The van der Waals surface area contributed by atoms with Crippen molar-refractivity contribution >= 4 is 11.9 Å². The number of ether oxygens (including phenoxy) is 3. The predicted octanol–water partition coefficient (Wildman–Crippen LogP) is 2.51. The summed E-state index contributed by atoms with van der Waals surface area (Å²) in [7, 11) is 1.68. The first-order valence-electron chi connectivity index (χ1n) is 8.42. The third-order valence-corrected chi connectivity index (χ3v) is 3.20. The van der Waals surface area contributed by atoms with E-state index in [1.165, 1.54) is 18.2 Å². The van der Waals surface area contributed by atoms with Crippen molar-refractivity contribution in [3.63, 3.8) is 0 Å². The zero-order valence-corrected chi connectivity index (χ0v) is 16.5. The molecule has 1 unspecified atom stereocenters. The Balaban J connectivity index is 3.15. The van der Waals surface area contributed by atoms with Crippen LogP contribution >= 0.6 is 0 Å². The van der Waals surface area contributed by atoms with Gasteiger partial charge in [-0.2, -0.15) is 0 Å². The zero-order chi connectivity index (χ0) is 20.1. The molecule has 1 rings (SSSR count). The average molecular weight is 367 g/mol. The van der Waals surface area contributed by atoms with Gasteiger partial charge in [-0.1, -0.05) is 0 Å². The second kappa shape index (κ2) is 8.51. The first-order valence-corrected chi connectivity index (χ1v) is 8.42. The van der Waals surface area contributed by atoms with Gasteiger partial charge < -0.3 is 24.6 Å². The fourth-order valence-electron chi connectivity index (χ4n) is 1.61. The number of hydrogen-bond acceptors (Lipinski definition) is 7. The van der Waals surface area contributed by atoms with Crippen LogP contribution in [0.4, 0.5) is 0 Å². The smallest absolute Gasteiger partial charge is 0.316 e. The van der Waals surface area contributed by atoms with Crippen LogP contribution in [0.2, 0.25) is 0 Å². The number of carbonyl (C=O) groups is 2. The molecule has 0 saturated carbocycles. The van der Waals surface area contributed by atoms with E-state index in [1.807, 2.05) is 0 Å². The van der Waals surface area contributed by atoms with Crippen LogP contribution < -0.4 is 19.5 Å². The van der Waals surface area contributed by atoms with E-state index in [9.17, 15) is 14.7 Å². The maximum absolute atomic E-state index is 12.2. The van der Waals surface area contributed by atoms with Crippen LogP contribution in [0.25, 0.3) is 0 Å². The lowest BCUT2D eigenvalue weighted by molar-refractivity contribution is -0.145. The molecule has 1 atom stereocenters. The Bertz CT molecular complexity index is 642. The summed E-state index contributed by atoms with van der Waals surface area (Å²) < 4.78 is 16.1. The monoisotopic (exact) mass is 367 g/mol. The van der Waals surface area contributed by atoms with Crippen molar-refractivity contribution in [2.45, 2.75) is 47.8 Å². The Morgan fingerprint density at radius 3 is 1.96 bits per heavy atom. The van der Waals surface area contributed by atoms with Crippen LogP contribution in [-0.4, -0.2) is 36.9 Å². The van der Waals surface area contributed by atoms with E-state index in [2.05, 4.69) is 5.32 Å². The zero-order valence-electron chi connectivity index (χ0n) is 16.5. The normalized spacial score (nSPS) is 13.1. The van der Waals surface area contributed by atoms with Crippen molar-refractivity contribution in [2.75, 3.05) is 13.6 Å². The van der Waals surface area contributed by atoms with Gasteiger partial charge in [-0.15, -0.1) is 0 Å². The average Bonchev–Trinajstić information content (AvgIpc) is 2.47. The van der Waals surface area contributed by atoms with Crippen LogP contribution in [0, 0.1) is 10.8 Å². The number of carbonyl (C=O) groups excluding carboxylic acids is 2. The second-order valence-corrected chi connectivity index (χ2v) is 8.02. The fraction of sp³-hybridized carbons (Fsp3) is 0.579.